The first-order valence-corrected chi connectivity index (χ1v) is 12.2. The van der Waals surface area contributed by atoms with Crippen LogP contribution < -0.4 is 0 Å². The number of aliphatic carboxylic acids is 1. The monoisotopic (exact) mass is 482 g/mol. The summed E-state index contributed by atoms with van der Waals surface area (Å²) in [5.74, 6) is -0.350. The Morgan fingerprint density at radius 3 is 1.83 bits per heavy atom. The molecule has 0 amide bonds. The van der Waals surface area contributed by atoms with Gasteiger partial charge in [0.25, 0.3) is 0 Å². The molecule has 0 saturated carbocycles. The number of carbonyl (C=O) groups is 2. The predicted molar refractivity (Wildman–Crippen MR) is 126 cm³/mol. The summed E-state index contributed by atoms with van der Waals surface area (Å²) < 4.78 is 0.825. The van der Waals surface area contributed by atoms with Crippen LogP contribution >= 0.6 is 15.9 Å². The molecule has 0 heterocycles. The fourth-order valence-electron chi connectivity index (χ4n) is 4.05. The number of aliphatic hydroxyl groups is 1. The minimum Gasteiger partial charge on any atom is -0.480 e. The summed E-state index contributed by atoms with van der Waals surface area (Å²) in [6.07, 6.45) is 11.5. The minimum absolute atomic E-state index is 0.234. The molecule has 4 nitrogen and oxygen atoms in total. The molecule has 170 valence electrons. The number of aldehydes is 1. The maximum Gasteiger partial charge on any atom is 0.317 e. The van der Waals surface area contributed by atoms with E-state index in [9.17, 15) is 19.8 Å². The van der Waals surface area contributed by atoms with Gasteiger partial charge in [0.05, 0.1) is 6.10 Å². The summed E-state index contributed by atoms with van der Waals surface area (Å²) in [6, 6.07) is 6.83. The first-order valence-electron chi connectivity index (χ1n) is 11.5. The molecular formula is C25H39BrO4. The van der Waals surface area contributed by atoms with E-state index in [2.05, 4.69) is 29.8 Å². The Balaban J connectivity index is 2.41. The molecule has 0 spiro atoms. The van der Waals surface area contributed by atoms with E-state index in [4.69, 9.17) is 0 Å². The van der Waals surface area contributed by atoms with Crippen LogP contribution in [0, 0.1) is 5.92 Å². The number of carbonyl (C=O) groups excluding carboxylic acids is 1. The Bertz CT molecular complexity index is 614. The second-order valence-corrected chi connectivity index (χ2v) is 9.74. The molecule has 2 atom stereocenters. The molecule has 0 bridgehead atoms. The number of hydrogen-bond donors (Lipinski definition) is 2. The number of carboxylic acids is 1. The van der Waals surface area contributed by atoms with Crippen molar-refractivity contribution in [1.82, 2.24) is 0 Å². The van der Waals surface area contributed by atoms with Crippen molar-refractivity contribution in [2.24, 2.45) is 5.92 Å². The zero-order valence-corrected chi connectivity index (χ0v) is 20.2. The smallest absolute Gasteiger partial charge is 0.317 e. The van der Waals surface area contributed by atoms with Crippen molar-refractivity contribution < 1.29 is 19.8 Å². The molecule has 5 heteroatoms. The molecule has 0 radical (unpaired) electrons. The van der Waals surface area contributed by atoms with Crippen molar-refractivity contribution in [3.63, 3.8) is 0 Å². The lowest BCUT2D eigenvalue weighted by atomic mass is 9.72. The van der Waals surface area contributed by atoms with Crippen LogP contribution in [0.15, 0.2) is 28.7 Å². The van der Waals surface area contributed by atoms with Gasteiger partial charge in [0.15, 0.2) is 0 Å². The molecule has 0 aromatic heterocycles. The van der Waals surface area contributed by atoms with Gasteiger partial charge in [-0.1, -0.05) is 106 Å². The van der Waals surface area contributed by atoms with E-state index in [0.29, 0.717) is 18.3 Å². The van der Waals surface area contributed by atoms with E-state index in [1.165, 1.54) is 44.9 Å². The molecule has 0 aliphatic rings. The molecular weight excluding hydrogens is 444 g/mol. The lowest BCUT2D eigenvalue weighted by Gasteiger charge is -2.33. The minimum atomic E-state index is -1.58. The highest BCUT2D eigenvalue weighted by molar-refractivity contribution is 9.10. The zero-order chi connectivity index (χ0) is 22.4. The Kier molecular flexibility index (Phi) is 13.2. The topological polar surface area (TPSA) is 74.6 Å². The lowest BCUT2D eigenvalue weighted by molar-refractivity contribution is -0.150. The number of aliphatic hydroxyl groups excluding tert-OH is 1. The van der Waals surface area contributed by atoms with E-state index in [-0.39, 0.29) is 6.42 Å². The Labute approximate surface area is 190 Å². The molecule has 0 saturated heterocycles. The molecule has 0 aliphatic carbocycles. The number of halogens is 1. The van der Waals surface area contributed by atoms with E-state index in [1.807, 2.05) is 0 Å². The van der Waals surface area contributed by atoms with Crippen molar-refractivity contribution in [2.75, 3.05) is 0 Å². The summed E-state index contributed by atoms with van der Waals surface area (Å²) >= 11 is 3.34. The maximum atomic E-state index is 12.1. The van der Waals surface area contributed by atoms with Crippen LogP contribution in [0.25, 0.3) is 0 Å². The third-order valence-corrected chi connectivity index (χ3v) is 6.50. The van der Waals surface area contributed by atoms with Crippen LogP contribution in [-0.4, -0.2) is 28.6 Å². The largest absolute Gasteiger partial charge is 0.480 e. The average molecular weight is 483 g/mol. The van der Waals surface area contributed by atoms with E-state index in [0.717, 1.165) is 29.7 Å². The third kappa shape index (κ3) is 8.89. The van der Waals surface area contributed by atoms with Gasteiger partial charge in [-0.05, 0) is 30.0 Å². The second-order valence-electron chi connectivity index (χ2n) is 8.82. The van der Waals surface area contributed by atoms with Gasteiger partial charge < -0.3 is 15.0 Å². The standard InChI is InChI=1S/C25H39BrO4/c1-20(2)12-10-8-6-4-3-5-7-9-11-13-23(28)25(18-19-27,24(29)30)21-14-16-22(26)17-15-21/h14-17,19-20,23,28H,3-13,18H2,1-2H3,(H,29,30)/t23-,25?/m1/s1. The lowest BCUT2D eigenvalue weighted by Crippen LogP contribution is -2.47. The summed E-state index contributed by atoms with van der Waals surface area (Å²) in [5.41, 5.74) is -1.12. The van der Waals surface area contributed by atoms with Crippen molar-refractivity contribution in [1.29, 1.82) is 0 Å². The van der Waals surface area contributed by atoms with Crippen molar-refractivity contribution in [3.05, 3.63) is 34.3 Å². The van der Waals surface area contributed by atoms with Gasteiger partial charge >= 0.3 is 5.97 Å². The van der Waals surface area contributed by atoms with Crippen LogP contribution in [0.1, 0.15) is 96.5 Å². The number of unbranched alkanes of at least 4 members (excludes halogenated alkanes) is 8. The van der Waals surface area contributed by atoms with E-state index in [1.54, 1.807) is 24.3 Å². The quantitative estimate of drug-likeness (QED) is 0.192. The Hall–Kier alpha value is -1.20. The van der Waals surface area contributed by atoms with Gasteiger partial charge in [0, 0.05) is 10.9 Å². The van der Waals surface area contributed by atoms with Gasteiger partial charge in [0.2, 0.25) is 0 Å². The maximum absolute atomic E-state index is 12.1. The van der Waals surface area contributed by atoms with Gasteiger partial charge in [-0.3, -0.25) is 4.79 Å². The van der Waals surface area contributed by atoms with Crippen molar-refractivity contribution >= 4 is 28.2 Å². The fraction of sp³-hybridized carbons (Fsp3) is 0.680. The summed E-state index contributed by atoms with van der Waals surface area (Å²) in [4.78, 5) is 23.4. The SMILES string of the molecule is CC(C)CCCCCCCCCCC[C@@H](O)C(CC=O)(C(=O)O)c1ccc(Br)cc1. The highest BCUT2D eigenvalue weighted by Gasteiger charge is 2.46. The number of carboxylic acid groups (broad SMARTS) is 1. The first kappa shape index (κ1) is 26.8. The molecule has 1 rings (SSSR count). The van der Waals surface area contributed by atoms with Gasteiger partial charge in [0.1, 0.15) is 11.7 Å². The molecule has 0 fully saturated rings. The van der Waals surface area contributed by atoms with Gasteiger partial charge in [-0.15, -0.1) is 0 Å². The molecule has 0 aliphatic heterocycles. The highest BCUT2D eigenvalue weighted by Crippen LogP contribution is 2.35. The predicted octanol–water partition coefficient (Wildman–Crippen LogP) is 6.67. The highest BCUT2D eigenvalue weighted by atomic mass is 79.9. The zero-order valence-electron chi connectivity index (χ0n) is 18.6. The van der Waals surface area contributed by atoms with Gasteiger partial charge in [-0.2, -0.15) is 0 Å². The van der Waals surface area contributed by atoms with Crippen molar-refractivity contribution in [2.45, 2.75) is 102 Å². The third-order valence-electron chi connectivity index (χ3n) is 5.97. The summed E-state index contributed by atoms with van der Waals surface area (Å²) in [5, 5.41) is 20.7. The van der Waals surface area contributed by atoms with Gasteiger partial charge in [-0.25, -0.2) is 0 Å². The summed E-state index contributed by atoms with van der Waals surface area (Å²) in [6.45, 7) is 4.55. The van der Waals surface area contributed by atoms with Crippen LogP contribution in [-0.2, 0) is 15.0 Å². The number of rotatable bonds is 17. The van der Waals surface area contributed by atoms with Crippen LogP contribution in [0.5, 0.6) is 0 Å². The van der Waals surface area contributed by atoms with Crippen molar-refractivity contribution in [3.8, 4) is 0 Å². The van der Waals surface area contributed by atoms with Crippen LogP contribution in [0.3, 0.4) is 0 Å². The molecule has 30 heavy (non-hydrogen) atoms. The van der Waals surface area contributed by atoms with E-state index >= 15 is 0 Å². The second kappa shape index (κ2) is 14.7. The van der Waals surface area contributed by atoms with E-state index < -0.39 is 17.5 Å². The number of benzene rings is 1. The molecule has 1 aromatic rings. The first-order chi connectivity index (χ1) is 14.3. The van der Waals surface area contributed by atoms with Crippen LogP contribution in [0.4, 0.5) is 0 Å². The Morgan fingerprint density at radius 2 is 1.40 bits per heavy atom. The normalized spacial score (nSPS) is 14.4. The Morgan fingerprint density at radius 1 is 0.933 bits per heavy atom. The molecule has 2 N–H and O–H groups in total. The number of hydrogen-bond acceptors (Lipinski definition) is 3. The van der Waals surface area contributed by atoms with Crippen LogP contribution in [0.2, 0.25) is 0 Å². The molecule has 1 unspecified atom stereocenters. The fourth-order valence-corrected chi connectivity index (χ4v) is 4.32. The average Bonchev–Trinajstić information content (AvgIpc) is 2.70. The summed E-state index contributed by atoms with van der Waals surface area (Å²) in [7, 11) is 0. The molecule has 1 aromatic carbocycles.